The maximum absolute atomic E-state index is 13.2. The third-order valence-corrected chi connectivity index (χ3v) is 5.75. The molecule has 13 nitrogen and oxygen atoms in total. The Morgan fingerprint density at radius 1 is 1.08 bits per heavy atom. The number of aliphatic carboxylic acids is 1. The van der Waals surface area contributed by atoms with E-state index in [2.05, 4.69) is 5.32 Å². The number of rotatable bonds is 9. The Hall–Kier alpha value is -4.10. The minimum atomic E-state index is -1.47. The van der Waals surface area contributed by atoms with Gasteiger partial charge in [0.25, 0.3) is 5.69 Å². The third kappa shape index (κ3) is 5.42. The number of carbonyl (C=O) groups is 4. The van der Waals surface area contributed by atoms with Gasteiger partial charge in [-0.05, 0) is 20.8 Å². The molecule has 1 unspecified atom stereocenters. The summed E-state index contributed by atoms with van der Waals surface area (Å²) in [5, 5.41) is 33.1. The minimum absolute atomic E-state index is 0.00673. The molecule has 0 aromatic heterocycles. The zero-order valence-corrected chi connectivity index (χ0v) is 20.3. The zero-order chi connectivity index (χ0) is 27.3. The lowest BCUT2D eigenvalue weighted by Crippen LogP contribution is -2.49. The summed E-state index contributed by atoms with van der Waals surface area (Å²) < 4.78 is 9.79. The van der Waals surface area contributed by atoms with Gasteiger partial charge in [0.15, 0.2) is 0 Å². The monoisotopic (exact) mass is 505 g/mol. The first kappa shape index (κ1) is 28.1. The van der Waals surface area contributed by atoms with Crippen molar-refractivity contribution < 1.29 is 43.8 Å². The van der Waals surface area contributed by atoms with Gasteiger partial charge in [0.05, 0.1) is 48.9 Å². The van der Waals surface area contributed by atoms with Crippen molar-refractivity contribution >= 4 is 29.5 Å². The number of aliphatic hydroxyl groups excluding tert-OH is 1. The lowest BCUT2D eigenvalue weighted by atomic mass is 9.79. The molecule has 1 aromatic carbocycles. The molecule has 0 aliphatic carbocycles. The smallest absolute Gasteiger partial charge is 0.336 e. The normalized spacial score (nSPS) is 15.9. The molecule has 1 heterocycles. The third-order valence-electron chi connectivity index (χ3n) is 5.75. The molecule has 0 radical (unpaired) electrons. The number of carbonyl (C=O) groups excluding carboxylic acids is 3. The van der Waals surface area contributed by atoms with E-state index in [-0.39, 0.29) is 33.8 Å². The Morgan fingerprint density at radius 3 is 2.00 bits per heavy atom. The topological polar surface area (TPSA) is 186 Å². The van der Waals surface area contributed by atoms with Crippen molar-refractivity contribution in [2.45, 2.75) is 38.8 Å². The maximum Gasteiger partial charge on any atom is 0.336 e. The Balaban J connectivity index is 2.75. The summed E-state index contributed by atoms with van der Waals surface area (Å²) in [4.78, 5) is 62.5. The van der Waals surface area contributed by atoms with Gasteiger partial charge in [-0.2, -0.15) is 0 Å². The van der Waals surface area contributed by atoms with Crippen LogP contribution in [0.1, 0.15) is 32.3 Å². The van der Waals surface area contributed by atoms with Gasteiger partial charge in [-0.15, -0.1) is 0 Å². The number of carboxylic acid groups (broad SMARTS) is 1. The predicted octanol–water partition coefficient (Wildman–Crippen LogP) is 0.838. The summed E-state index contributed by atoms with van der Waals surface area (Å²) in [6, 6.07) is 4.06. The van der Waals surface area contributed by atoms with Crippen molar-refractivity contribution in [1.82, 2.24) is 10.2 Å². The van der Waals surface area contributed by atoms with Gasteiger partial charge in [0, 0.05) is 23.0 Å². The number of nitro benzene ring substituents is 1. The number of benzene rings is 1. The van der Waals surface area contributed by atoms with Gasteiger partial charge in [0.2, 0.25) is 5.91 Å². The number of ether oxygens (including phenoxy) is 2. The fourth-order valence-electron chi connectivity index (χ4n) is 4.13. The van der Waals surface area contributed by atoms with Gasteiger partial charge in [-0.25, -0.2) is 9.59 Å². The highest BCUT2D eigenvalue weighted by Crippen LogP contribution is 2.45. The SMILES string of the molecule is COC(=O)C1=C(C)N(C(=O)CN[C@@H](C(=O)O)C(C)O)C(C)=C(C(=O)OC)C1c1ccccc1[N+](=O)[O-]. The van der Waals surface area contributed by atoms with Crippen molar-refractivity contribution in [1.29, 1.82) is 0 Å². The van der Waals surface area contributed by atoms with Crippen molar-refractivity contribution in [2.24, 2.45) is 0 Å². The number of nitrogens with zero attached hydrogens (tertiary/aromatic N) is 2. The lowest BCUT2D eigenvalue weighted by molar-refractivity contribution is -0.385. The van der Waals surface area contributed by atoms with Crippen LogP contribution in [-0.4, -0.2) is 76.8 Å². The number of carboxylic acids is 1. The van der Waals surface area contributed by atoms with E-state index in [1.54, 1.807) is 0 Å². The van der Waals surface area contributed by atoms with Gasteiger partial charge in [-0.1, -0.05) is 18.2 Å². The lowest BCUT2D eigenvalue weighted by Gasteiger charge is -2.36. The van der Waals surface area contributed by atoms with E-state index in [1.807, 2.05) is 0 Å². The van der Waals surface area contributed by atoms with Crippen LogP contribution >= 0.6 is 0 Å². The Bertz CT molecular complexity index is 1110. The molecular weight excluding hydrogens is 478 g/mol. The molecule has 1 aliphatic rings. The van der Waals surface area contributed by atoms with Crippen molar-refractivity contribution in [3.8, 4) is 0 Å². The molecule has 36 heavy (non-hydrogen) atoms. The standard InChI is InChI=1S/C23H27N3O10/c1-11-17(22(31)35-4)19(14-8-6-7-9-15(14)26(33)34)18(23(32)36-5)12(2)25(11)16(28)10-24-20(13(3)27)21(29)30/h6-9,13,19-20,24,27H,10H2,1-5H3,(H,29,30)/t13?,20-/m1/s1. The molecule has 0 saturated heterocycles. The summed E-state index contributed by atoms with van der Waals surface area (Å²) in [5.74, 6) is -5.34. The number of aliphatic hydroxyl groups is 1. The molecule has 194 valence electrons. The average Bonchev–Trinajstić information content (AvgIpc) is 2.82. The molecular formula is C23H27N3O10. The number of para-hydroxylation sites is 1. The highest BCUT2D eigenvalue weighted by Gasteiger charge is 2.44. The fourth-order valence-corrected chi connectivity index (χ4v) is 4.13. The Morgan fingerprint density at radius 2 is 1.58 bits per heavy atom. The molecule has 1 amide bonds. The summed E-state index contributed by atoms with van der Waals surface area (Å²) in [6.07, 6.45) is -1.33. The maximum atomic E-state index is 13.2. The van der Waals surface area contributed by atoms with Crippen LogP contribution in [0.5, 0.6) is 0 Å². The van der Waals surface area contributed by atoms with E-state index in [1.165, 1.54) is 45.0 Å². The van der Waals surface area contributed by atoms with Crippen molar-refractivity contribution in [3.05, 3.63) is 62.5 Å². The van der Waals surface area contributed by atoms with Gasteiger partial charge in [0.1, 0.15) is 6.04 Å². The number of amides is 1. The van der Waals surface area contributed by atoms with Crippen molar-refractivity contribution in [2.75, 3.05) is 20.8 Å². The summed E-state index contributed by atoms with van der Waals surface area (Å²) >= 11 is 0. The number of hydrogen-bond donors (Lipinski definition) is 3. The number of esters is 2. The second-order valence-electron chi connectivity index (χ2n) is 7.90. The Kier molecular flexibility index (Phi) is 9.03. The molecule has 2 rings (SSSR count). The molecule has 3 N–H and O–H groups in total. The molecule has 0 bridgehead atoms. The molecule has 13 heteroatoms. The number of nitro groups is 1. The first-order chi connectivity index (χ1) is 16.9. The second-order valence-corrected chi connectivity index (χ2v) is 7.90. The molecule has 0 fully saturated rings. The summed E-state index contributed by atoms with van der Waals surface area (Å²) in [5.41, 5.74) is -0.745. The van der Waals surface area contributed by atoms with E-state index < -0.39 is 53.3 Å². The largest absolute Gasteiger partial charge is 0.480 e. The van der Waals surface area contributed by atoms with E-state index in [9.17, 15) is 39.5 Å². The molecule has 0 saturated carbocycles. The van der Waals surface area contributed by atoms with Crippen molar-refractivity contribution in [3.63, 3.8) is 0 Å². The number of hydrogen-bond acceptors (Lipinski definition) is 10. The Labute approximate surface area is 206 Å². The van der Waals surface area contributed by atoms with Gasteiger partial charge >= 0.3 is 17.9 Å². The summed E-state index contributed by atoms with van der Waals surface area (Å²) in [7, 11) is 2.16. The van der Waals surface area contributed by atoms with E-state index in [0.717, 1.165) is 19.1 Å². The summed E-state index contributed by atoms with van der Waals surface area (Å²) in [6.45, 7) is 3.44. The van der Waals surface area contributed by atoms with Crippen LogP contribution in [0, 0.1) is 10.1 Å². The van der Waals surface area contributed by atoms with Crippen LogP contribution in [0.3, 0.4) is 0 Å². The number of nitrogens with one attached hydrogen (secondary N) is 1. The molecule has 1 aliphatic heterocycles. The highest BCUT2D eigenvalue weighted by atomic mass is 16.6. The number of methoxy groups -OCH3 is 2. The van der Waals surface area contributed by atoms with E-state index in [4.69, 9.17) is 9.47 Å². The minimum Gasteiger partial charge on any atom is -0.480 e. The van der Waals surface area contributed by atoms with Gasteiger partial charge < -0.3 is 19.7 Å². The molecule has 1 aromatic rings. The van der Waals surface area contributed by atoms with Crippen LogP contribution in [0.4, 0.5) is 5.69 Å². The highest BCUT2D eigenvalue weighted by molar-refractivity contribution is 6.02. The quantitative estimate of drug-likeness (QED) is 0.245. The van der Waals surface area contributed by atoms with Gasteiger partial charge in [-0.3, -0.25) is 29.9 Å². The van der Waals surface area contributed by atoms with Crippen LogP contribution in [0.25, 0.3) is 0 Å². The van der Waals surface area contributed by atoms with E-state index in [0.29, 0.717) is 0 Å². The van der Waals surface area contributed by atoms with Crippen LogP contribution in [0.2, 0.25) is 0 Å². The number of allylic oxidation sites excluding steroid dienone is 2. The molecule has 2 atom stereocenters. The molecule has 0 spiro atoms. The van der Waals surface area contributed by atoms with Crippen LogP contribution in [0.15, 0.2) is 46.8 Å². The zero-order valence-electron chi connectivity index (χ0n) is 20.3. The first-order valence-electron chi connectivity index (χ1n) is 10.7. The average molecular weight is 505 g/mol. The fraction of sp³-hybridized carbons (Fsp3) is 0.391. The van der Waals surface area contributed by atoms with Crippen LogP contribution in [-0.2, 0) is 28.7 Å². The van der Waals surface area contributed by atoms with E-state index >= 15 is 0 Å². The second kappa shape index (κ2) is 11.6. The first-order valence-corrected chi connectivity index (χ1v) is 10.7. The van der Waals surface area contributed by atoms with Crippen LogP contribution < -0.4 is 5.32 Å². The predicted molar refractivity (Wildman–Crippen MR) is 123 cm³/mol.